The Morgan fingerprint density at radius 3 is 2.17 bits per heavy atom. The number of hydrogen-bond donors (Lipinski definition) is 1. The van der Waals surface area contributed by atoms with Crippen molar-refractivity contribution in [3.05, 3.63) is 34.2 Å². The number of pyridine rings is 1. The highest BCUT2D eigenvalue weighted by Crippen LogP contribution is 2.30. The van der Waals surface area contributed by atoms with Gasteiger partial charge < -0.3 is 24.0 Å². The largest absolute Gasteiger partial charge is 0.478 e. The summed E-state index contributed by atoms with van der Waals surface area (Å²) in [6.07, 6.45) is 1.15. The second kappa shape index (κ2) is 8.49. The molecule has 1 unspecified atom stereocenters. The molecule has 1 aliphatic rings. The number of hydrogen-bond acceptors (Lipinski definition) is 6. The molecular formula is C21H30N2O7. The molecule has 0 spiro atoms. The quantitative estimate of drug-likeness (QED) is 0.745. The minimum absolute atomic E-state index is 0.0294. The summed E-state index contributed by atoms with van der Waals surface area (Å²) >= 11 is 0. The highest BCUT2D eigenvalue weighted by Gasteiger charge is 2.40. The molecular weight excluding hydrogens is 392 g/mol. The van der Waals surface area contributed by atoms with Gasteiger partial charge in [-0.2, -0.15) is 0 Å². The average Bonchev–Trinajstić information content (AvgIpc) is 2.58. The normalized spacial score (nSPS) is 19.9. The zero-order chi connectivity index (χ0) is 22.9. The molecule has 1 aromatic rings. The Morgan fingerprint density at radius 2 is 1.67 bits per heavy atom. The number of carboxylic acid groups (broad SMARTS) is 1. The van der Waals surface area contributed by atoms with E-state index in [2.05, 4.69) is 0 Å². The summed E-state index contributed by atoms with van der Waals surface area (Å²) < 4.78 is 12.3. The summed E-state index contributed by atoms with van der Waals surface area (Å²) in [5, 5.41) is 9.09. The van der Waals surface area contributed by atoms with Gasteiger partial charge in [0.2, 0.25) is 0 Å². The van der Waals surface area contributed by atoms with E-state index in [1.54, 1.807) is 41.5 Å². The maximum atomic E-state index is 12.9. The van der Waals surface area contributed by atoms with Gasteiger partial charge in [-0.05, 0) is 54.0 Å². The fraction of sp³-hybridized carbons (Fsp3) is 0.619. The zero-order valence-corrected chi connectivity index (χ0v) is 18.3. The molecule has 0 aromatic carbocycles. The van der Waals surface area contributed by atoms with Crippen LogP contribution in [0.15, 0.2) is 23.1 Å². The van der Waals surface area contributed by atoms with Crippen LogP contribution in [-0.2, 0) is 14.3 Å². The Labute approximate surface area is 175 Å². The highest BCUT2D eigenvalue weighted by atomic mass is 16.6. The number of carbonyl (C=O) groups is 3. The minimum Gasteiger partial charge on any atom is -0.478 e. The first-order valence-electron chi connectivity index (χ1n) is 9.84. The maximum absolute atomic E-state index is 12.9. The van der Waals surface area contributed by atoms with Gasteiger partial charge in [-0.1, -0.05) is 0 Å². The van der Waals surface area contributed by atoms with Crippen molar-refractivity contribution in [3.63, 3.8) is 0 Å². The molecule has 9 nitrogen and oxygen atoms in total. The first-order valence-corrected chi connectivity index (χ1v) is 9.84. The van der Waals surface area contributed by atoms with Crippen molar-refractivity contribution in [2.75, 3.05) is 13.1 Å². The summed E-state index contributed by atoms with van der Waals surface area (Å²) in [6.45, 7) is 10.8. The predicted octanol–water partition coefficient (Wildman–Crippen LogP) is 2.69. The lowest BCUT2D eigenvalue weighted by Gasteiger charge is -2.39. The molecule has 0 saturated carbocycles. The molecule has 2 rings (SSSR count). The Morgan fingerprint density at radius 1 is 1.07 bits per heavy atom. The fourth-order valence-electron chi connectivity index (χ4n) is 3.27. The smallest absolute Gasteiger partial charge is 0.410 e. The van der Waals surface area contributed by atoms with Gasteiger partial charge in [-0.25, -0.2) is 9.59 Å². The number of rotatable bonds is 3. The summed E-state index contributed by atoms with van der Waals surface area (Å²) in [5.41, 5.74) is -2.08. The standard InChI is InChI=1S/C21H30N2O7/c1-20(2,3)29-18(27)14-12-22(19(28)30-21(4,5)6)9-8-15(14)23-10-7-13(17(25)26)11-16(23)24/h7,10-11,14-15H,8-9,12H2,1-6H3,(H,25,26)/t14-,15?/m1/s1. The number of amides is 1. The van der Waals surface area contributed by atoms with E-state index in [1.807, 2.05) is 0 Å². The van der Waals surface area contributed by atoms with Crippen LogP contribution in [-0.4, -0.2) is 56.9 Å². The summed E-state index contributed by atoms with van der Waals surface area (Å²) in [6, 6.07) is 1.76. The molecule has 0 bridgehead atoms. The van der Waals surface area contributed by atoms with Gasteiger partial charge in [0.05, 0.1) is 17.5 Å². The van der Waals surface area contributed by atoms with E-state index in [0.717, 1.165) is 6.07 Å². The number of likely N-dealkylation sites (tertiary alicyclic amines) is 1. The minimum atomic E-state index is -1.21. The number of esters is 1. The van der Waals surface area contributed by atoms with Gasteiger partial charge >= 0.3 is 18.0 Å². The third-order valence-corrected chi connectivity index (χ3v) is 4.49. The van der Waals surface area contributed by atoms with Crippen molar-refractivity contribution in [2.24, 2.45) is 5.92 Å². The third kappa shape index (κ3) is 6.08. The van der Waals surface area contributed by atoms with Crippen molar-refractivity contribution >= 4 is 18.0 Å². The van der Waals surface area contributed by atoms with Crippen LogP contribution in [0.2, 0.25) is 0 Å². The maximum Gasteiger partial charge on any atom is 0.410 e. The molecule has 1 saturated heterocycles. The number of carbonyl (C=O) groups excluding carboxylic acids is 2. The van der Waals surface area contributed by atoms with Crippen LogP contribution in [0.5, 0.6) is 0 Å². The lowest BCUT2D eigenvalue weighted by atomic mass is 9.91. The third-order valence-electron chi connectivity index (χ3n) is 4.49. The molecule has 1 aromatic heterocycles. The molecule has 1 N–H and O–H groups in total. The van der Waals surface area contributed by atoms with Crippen molar-refractivity contribution in [1.82, 2.24) is 9.47 Å². The molecule has 166 valence electrons. The monoisotopic (exact) mass is 422 g/mol. The molecule has 1 amide bonds. The molecule has 2 atom stereocenters. The molecule has 0 radical (unpaired) electrons. The highest BCUT2D eigenvalue weighted by molar-refractivity contribution is 5.87. The molecule has 9 heteroatoms. The molecule has 0 aliphatic carbocycles. The van der Waals surface area contributed by atoms with Gasteiger partial charge in [-0.15, -0.1) is 0 Å². The van der Waals surface area contributed by atoms with Crippen LogP contribution in [0, 0.1) is 5.92 Å². The van der Waals surface area contributed by atoms with Crippen LogP contribution in [0.4, 0.5) is 4.79 Å². The van der Waals surface area contributed by atoms with Crippen LogP contribution in [0.1, 0.15) is 64.4 Å². The van der Waals surface area contributed by atoms with E-state index in [9.17, 15) is 19.2 Å². The predicted molar refractivity (Wildman–Crippen MR) is 108 cm³/mol. The van der Waals surface area contributed by atoms with Crippen LogP contribution in [0.3, 0.4) is 0 Å². The summed E-state index contributed by atoms with van der Waals surface area (Å²) in [5.74, 6) is -2.54. The fourth-order valence-corrected chi connectivity index (χ4v) is 3.27. The molecule has 30 heavy (non-hydrogen) atoms. The first kappa shape index (κ1) is 23.4. The van der Waals surface area contributed by atoms with Gasteiger partial charge in [0.1, 0.15) is 11.2 Å². The topological polar surface area (TPSA) is 115 Å². The van der Waals surface area contributed by atoms with Crippen molar-refractivity contribution in [1.29, 1.82) is 0 Å². The van der Waals surface area contributed by atoms with E-state index in [0.29, 0.717) is 6.42 Å². The van der Waals surface area contributed by atoms with Crippen LogP contribution in [0.25, 0.3) is 0 Å². The van der Waals surface area contributed by atoms with E-state index in [4.69, 9.17) is 14.6 Å². The number of ether oxygens (including phenoxy) is 2. The van der Waals surface area contributed by atoms with Gasteiger partial charge in [0.25, 0.3) is 5.56 Å². The van der Waals surface area contributed by atoms with E-state index < -0.39 is 46.8 Å². The number of aromatic nitrogens is 1. The van der Waals surface area contributed by atoms with Crippen molar-refractivity contribution in [3.8, 4) is 0 Å². The molecule has 1 aliphatic heterocycles. The van der Waals surface area contributed by atoms with Gasteiger partial charge in [-0.3, -0.25) is 9.59 Å². The van der Waals surface area contributed by atoms with Crippen LogP contribution < -0.4 is 5.56 Å². The van der Waals surface area contributed by atoms with Crippen LogP contribution >= 0.6 is 0 Å². The Kier molecular flexibility index (Phi) is 6.63. The van der Waals surface area contributed by atoms with E-state index >= 15 is 0 Å². The van der Waals surface area contributed by atoms with E-state index in [-0.39, 0.29) is 18.7 Å². The first-order chi connectivity index (χ1) is 13.7. The SMILES string of the molecule is CC(C)(C)OC(=O)[C@@H]1CN(C(=O)OC(C)(C)C)CCC1n1ccc(C(=O)O)cc1=O. The molecule has 2 heterocycles. The number of carboxylic acids is 1. The van der Waals surface area contributed by atoms with Gasteiger partial charge in [0.15, 0.2) is 0 Å². The Balaban J connectivity index is 2.35. The Bertz CT molecular complexity index is 877. The second-order valence-corrected chi connectivity index (χ2v) is 9.39. The number of piperidine rings is 1. The number of aromatic carboxylic acids is 1. The van der Waals surface area contributed by atoms with Gasteiger partial charge in [0, 0.05) is 25.4 Å². The zero-order valence-electron chi connectivity index (χ0n) is 18.3. The lowest BCUT2D eigenvalue weighted by molar-refractivity contribution is -0.163. The summed E-state index contributed by atoms with van der Waals surface area (Å²) in [4.78, 5) is 50.5. The number of nitrogens with zero attached hydrogens (tertiary/aromatic N) is 2. The van der Waals surface area contributed by atoms with Crippen molar-refractivity contribution in [2.45, 2.75) is 65.2 Å². The average molecular weight is 422 g/mol. The Hall–Kier alpha value is -2.84. The lowest BCUT2D eigenvalue weighted by Crippen LogP contribution is -2.50. The van der Waals surface area contributed by atoms with E-state index in [1.165, 1.54) is 21.7 Å². The molecule has 1 fully saturated rings. The second-order valence-electron chi connectivity index (χ2n) is 9.39. The summed E-state index contributed by atoms with van der Waals surface area (Å²) in [7, 11) is 0. The van der Waals surface area contributed by atoms with Crippen molar-refractivity contribution < 1.29 is 29.0 Å².